The molecule has 0 fully saturated rings. The van der Waals surface area contributed by atoms with E-state index in [-0.39, 0.29) is 0 Å². The lowest BCUT2D eigenvalue weighted by Crippen LogP contribution is -2.30. The first-order chi connectivity index (χ1) is 12.7. The van der Waals surface area contributed by atoms with Crippen molar-refractivity contribution in [1.29, 1.82) is 0 Å². The summed E-state index contributed by atoms with van der Waals surface area (Å²) in [4.78, 5) is 0. The van der Waals surface area contributed by atoms with E-state index >= 15 is 0 Å². The quantitative estimate of drug-likeness (QED) is 0.203. The minimum Gasteiger partial charge on any atom is -0.201 e. The van der Waals surface area contributed by atoms with Crippen molar-refractivity contribution in [1.82, 2.24) is 0 Å². The molecule has 1 aromatic heterocycles. The van der Waals surface area contributed by atoms with E-state index in [2.05, 4.69) is 104 Å². The van der Waals surface area contributed by atoms with Crippen LogP contribution in [-0.4, -0.2) is 0 Å². The standard InChI is InChI=1S/C25H20N/c1-17-10-11-18-12-13-21-15-19-7-3-4-8-20(19)16-22(21)25(18)24(17)23-9-5-6-14-26(23)2/h3-16H,1-2H3/q+1. The Labute approximate surface area is 153 Å². The Morgan fingerprint density at radius 3 is 2.15 bits per heavy atom. The number of rotatable bonds is 1. The fraction of sp³-hybridized carbons (Fsp3) is 0.0800. The summed E-state index contributed by atoms with van der Waals surface area (Å²) in [5, 5.41) is 7.83. The molecule has 0 amide bonds. The predicted octanol–water partition coefficient (Wildman–Crippen LogP) is 5.95. The number of aromatic nitrogens is 1. The van der Waals surface area contributed by atoms with Crippen LogP contribution in [0.15, 0.2) is 85.1 Å². The molecule has 0 bridgehead atoms. The largest absolute Gasteiger partial charge is 0.213 e. The van der Waals surface area contributed by atoms with E-state index in [0.29, 0.717) is 0 Å². The van der Waals surface area contributed by atoms with E-state index in [0.717, 1.165) is 0 Å². The number of benzene rings is 4. The van der Waals surface area contributed by atoms with Crippen molar-refractivity contribution >= 4 is 32.3 Å². The molecule has 4 aromatic carbocycles. The fourth-order valence-electron chi connectivity index (χ4n) is 4.06. The third-order valence-corrected chi connectivity index (χ3v) is 5.39. The Balaban J connectivity index is 2.01. The number of hydrogen-bond donors (Lipinski definition) is 0. The van der Waals surface area contributed by atoms with Gasteiger partial charge in [0.25, 0.3) is 0 Å². The smallest absolute Gasteiger partial charge is 0.201 e. The molecule has 1 heterocycles. The van der Waals surface area contributed by atoms with Gasteiger partial charge < -0.3 is 0 Å². The molecule has 0 aliphatic rings. The first-order valence-electron chi connectivity index (χ1n) is 9.02. The summed E-state index contributed by atoms with van der Waals surface area (Å²) in [6.07, 6.45) is 2.12. The zero-order valence-electron chi connectivity index (χ0n) is 15.0. The monoisotopic (exact) mass is 334 g/mol. The maximum absolute atomic E-state index is 2.35. The molecule has 5 aromatic rings. The van der Waals surface area contributed by atoms with Crippen molar-refractivity contribution < 1.29 is 4.57 Å². The fourth-order valence-corrected chi connectivity index (χ4v) is 4.06. The minimum atomic E-state index is 1.25. The summed E-state index contributed by atoms with van der Waals surface area (Å²) in [6, 6.07) is 28.6. The molecule has 0 saturated heterocycles. The molecular weight excluding hydrogens is 314 g/mol. The lowest BCUT2D eigenvalue weighted by atomic mass is 9.91. The van der Waals surface area contributed by atoms with Crippen LogP contribution in [0.1, 0.15) is 5.56 Å². The molecule has 0 aliphatic carbocycles. The second-order valence-electron chi connectivity index (χ2n) is 7.04. The SMILES string of the molecule is Cc1ccc2ccc3cc4ccccc4cc3c2c1-c1cccc[n+]1C. The maximum Gasteiger partial charge on any atom is 0.213 e. The predicted molar refractivity (Wildman–Crippen MR) is 110 cm³/mol. The normalized spacial score (nSPS) is 11.5. The van der Waals surface area contributed by atoms with Gasteiger partial charge in [-0.15, -0.1) is 0 Å². The Bertz CT molecular complexity index is 1300. The third kappa shape index (κ3) is 2.21. The second kappa shape index (κ2) is 5.67. The van der Waals surface area contributed by atoms with Gasteiger partial charge in [0.2, 0.25) is 5.69 Å². The highest BCUT2D eigenvalue weighted by molar-refractivity contribution is 6.17. The minimum absolute atomic E-state index is 1.25. The Morgan fingerprint density at radius 2 is 1.35 bits per heavy atom. The van der Waals surface area contributed by atoms with Gasteiger partial charge in [0, 0.05) is 17.5 Å². The molecule has 0 saturated carbocycles. The molecule has 1 nitrogen and oxygen atoms in total. The third-order valence-electron chi connectivity index (χ3n) is 5.39. The van der Waals surface area contributed by atoms with E-state index in [1.165, 1.54) is 49.1 Å². The van der Waals surface area contributed by atoms with Gasteiger partial charge in [-0.05, 0) is 57.6 Å². The van der Waals surface area contributed by atoms with E-state index in [1.807, 2.05) is 0 Å². The first-order valence-corrected chi connectivity index (χ1v) is 9.02. The van der Waals surface area contributed by atoms with E-state index in [1.54, 1.807) is 0 Å². The lowest BCUT2D eigenvalue weighted by molar-refractivity contribution is -0.660. The van der Waals surface area contributed by atoms with Crippen molar-refractivity contribution in [3.05, 3.63) is 90.6 Å². The van der Waals surface area contributed by atoms with E-state index < -0.39 is 0 Å². The number of aryl methyl sites for hydroxylation is 2. The summed E-state index contributed by atoms with van der Waals surface area (Å²) in [5.74, 6) is 0. The van der Waals surface area contributed by atoms with Crippen LogP contribution >= 0.6 is 0 Å². The Morgan fingerprint density at radius 1 is 0.654 bits per heavy atom. The van der Waals surface area contributed by atoms with Gasteiger partial charge in [-0.2, -0.15) is 0 Å². The molecule has 0 radical (unpaired) electrons. The number of nitrogens with zero attached hydrogens (tertiary/aromatic N) is 1. The second-order valence-corrected chi connectivity index (χ2v) is 7.04. The van der Waals surface area contributed by atoms with Crippen LogP contribution < -0.4 is 4.57 Å². The van der Waals surface area contributed by atoms with Gasteiger partial charge in [-0.1, -0.05) is 48.5 Å². The van der Waals surface area contributed by atoms with E-state index in [9.17, 15) is 0 Å². The molecule has 0 spiro atoms. The van der Waals surface area contributed by atoms with Crippen molar-refractivity contribution in [2.75, 3.05) is 0 Å². The number of fused-ring (bicyclic) bond motifs is 4. The molecule has 1 heteroatoms. The average molecular weight is 334 g/mol. The number of hydrogen-bond acceptors (Lipinski definition) is 0. The molecule has 5 rings (SSSR count). The van der Waals surface area contributed by atoms with Crippen LogP contribution in [0.2, 0.25) is 0 Å². The van der Waals surface area contributed by atoms with E-state index in [4.69, 9.17) is 0 Å². The van der Waals surface area contributed by atoms with Crippen molar-refractivity contribution in [2.45, 2.75) is 6.92 Å². The van der Waals surface area contributed by atoms with Gasteiger partial charge in [-0.3, -0.25) is 0 Å². The molecule has 0 atom stereocenters. The van der Waals surface area contributed by atoms with Crippen LogP contribution in [0.25, 0.3) is 43.6 Å². The summed E-state index contributed by atoms with van der Waals surface area (Å²) in [7, 11) is 2.12. The molecular formula is C25H20N+. The Hall–Kier alpha value is -3.19. The average Bonchev–Trinajstić information content (AvgIpc) is 2.67. The van der Waals surface area contributed by atoms with Crippen LogP contribution in [0.5, 0.6) is 0 Å². The zero-order chi connectivity index (χ0) is 17.7. The first kappa shape index (κ1) is 15.1. The zero-order valence-corrected chi connectivity index (χ0v) is 15.0. The molecule has 26 heavy (non-hydrogen) atoms. The van der Waals surface area contributed by atoms with Gasteiger partial charge >= 0.3 is 0 Å². The topological polar surface area (TPSA) is 3.88 Å². The van der Waals surface area contributed by atoms with Crippen LogP contribution in [0.4, 0.5) is 0 Å². The van der Waals surface area contributed by atoms with Crippen LogP contribution in [0, 0.1) is 6.92 Å². The summed E-state index contributed by atoms with van der Waals surface area (Å²) < 4.78 is 2.21. The molecule has 0 aliphatic heterocycles. The van der Waals surface area contributed by atoms with Crippen molar-refractivity contribution in [3.8, 4) is 11.3 Å². The Kier molecular flexibility index (Phi) is 3.29. The highest BCUT2D eigenvalue weighted by Crippen LogP contribution is 2.37. The van der Waals surface area contributed by atoms with Crippen LogP contribution in [0.3, 0.4) is 0 Å². The van der Waals surface area contributed by atoms with Crippen molar-refractivity contribution in [3.63, 3.8) is 0 Å². The van der Waals surface area contributed by atoms with Gasteiger partial charge in [0.15, 0.2) is 6.20 Å². The van der Waals surface area contributed by atoms with Gasteiger partial charge in [0.05, 0.1) is 5.56 Å². The van der Waals surface area contributed by atoms with Crippen molar-refractivity contribution in [2.24, 2.45) is 7.05 Å². The van der Waals surface area contributed by atoms with Gasteiger partial charge in [0.1, 0.15) is 7.05 Å². The highest BCUT2D eigenvalue weighted by atomic mass is 14.9. The molecule has 0 unspecified atom stereocenters. The summed E-state index contributed by atoms with van der Waals surface area (Å²) in [6.45, 7) is 2.21. The molecule has 0 N–H and O–H groups in total. The summed E-state index contributed by atoms with van der Waals surface area (Å²) in [5.41, 5.74) is 3.88. The number of pyridine rings is 1. The van der Waals surface area contributed by atoms with Gasteiger partial charge in [-0.25, -0.2) is 4.57 Å². The highest BCUT2D eigenvalue weighted by Gasteiger charge is 2.17. The lowest BCUT2D eigenvalue weighted by Gasteiger charge is -2.12. The molecule has 124 valence electrons. The summed E-state index contributed by atoms with van der Waals surface area (Å²) >= 11 is 0. The van der Waals surface area contributed by atoms with Crippen LogP contribution in [-0.2, 0) is 7.05 Å². The maximum atomic E-state index is 2.35.